The number of alkyl halides is 4. The van der Waals surface area contributed by atoms with E-state index in [9.17, 15) is 31.9 Å². The molecular formula is C18H24F4N4O4. The molecule has 3 amide bonds. The number of nitrogens with zero attached hydrogens (tertiary/aromatic N) is 2. The number of hydrogen-bond donors (Lipinski definition) is 2. The SMILES string of the molecule is CC(C)(C)OC(=O)N1CCCC(F)(C(=O)NNC=O)C1.FC(F)(F)c1ccccn1. The molecule has 0 spiro atoms. The zero-order valence-electron chi connectivity index (χ0n) is 16.8. The third-order valence-corrected chi connectivity index (χ3v) is 3.70. The van der Waals surface area contributed by atoms with E-state index in [2.05, 4.69) is 4.98 Å². The molecule has 1 aliphatic rings. The second-order valence-corrected chi connectivity index (χ2v) is 7.40. The van der Waals surface area contributed by atoms with E-state index < -0.39 is 41.7 Å². The van der Waals surface area contributed by atoms with Crippen LogP contribution in [-0.4, -0.2) is 52.7 Å². The summed E-state index contributed by atoms with van der Waals surface area (Å²) >= 11 is 0. The highest BCUT2D eigenvalue weighted by atomic mass is 19.4. The summed E-state index contributed by atoms with van der Waals surface area (Å²) in [5, 5.41) is 0. The van der Waals surface area contributed by atoms with Gasteiger partial charge in [-0.15, -0.1) is 0 Å². The number of aromatic nitrogens is 1. The largest absolute Gasteiger partial charge is 0.444 e. The lowest BCUT2D eigenvalue weighted by Gasteiger charge is -2.36. The van der Waals surface area contributed by atoms with Gasteiger partial charge in [-0.1, -0.05) is 6.07 Å². The normalized spacial score (nSPS) is 19.1. The first-order chi connectivity index (χ1) is 13.8. The van der Waals surface area contributed by atoms with Gasteiger partial charge < -0.3 is 9.64 Å². The second-order valence-electron chi connectivity index (χ2n) is 7.40. The highest BCUT2D eigenvalue weighted by Crippen LogP contribution is 2.27. The lowest BCUT2D eigenvalue weighted by atomic mass is 9.94. The Bertz CT molecular complexity index is 725. The summed E-state index contributed by atoms with van der Waals surface area (Å²) in [7, 11) is 0. The molecule has 1 saturated heterocycles. The average Bonchev–Trinajstić information content (AvgIpc) is 2.65. The minimum atomic E-state index is -4.32. The molecule has 0 bridgehead atoms. The molecule has 1 unspecified atom stereocenters. The maximum absolute atomic E-state index is 14.5. The number of halogens is 4. The minimum absolute atomic E-state index is 0.0152. The van der Waals surface area contributed by atoms with Crippen LogP contribution in [0, 0.1) is 0 Å². The summed E-state index contributed by atoms with van der Waals surface area (Å²) in [6.07, 6.45) is -3.31. The van der Waals surface area contributed by atoms with E-state index in [4.69, 9.17) is 4.74 Å². The fourth-order valence-electron chi connectivity index (χ4n) is 2.42. The van der Waals surface area contributed by atoms with Crippen LogP contribution in [-0.2, 0) is 20.5 Å². The highest BCUT2D eigenvalue weighted by molar-refractivity contribution is 5.86. The van der Waals surface area contributed by atoms with Crippen molar-refractivity contribution < 1.29 is 36.7 Å². The van der Waals surface area contributed by atoms with Gasteiger partial charge >= 0.3 is 12.3 Å². The summed E-state index contributed by atoms with van der Waals surface area (Å²) in [4.78, 5) is 37.9. The van der Waals surface area contributed by atoms with Gasteiger partial charge in [-0.3, -0.25) is 25.4 Å². The molecule has 30 heavy (non-hydrogen) atoms. The summed E-state index contributed by atoms with van der Waals surface area (Å²) in [6.45, 7) is 5.05. The standard InChI is InChI=1S/C12H20FN3O4.C6H4F3N/c1-11(2,3)20-10(19)16-6-4-5-12(13,7-16)9(18)15-14-8-17;7-6(8,9)5-3-1-2-4-10-5/h8H,4-7H2,1-3H3,(H,14,17)(H,15,18);1-4H. The lowest BCUT2D eigenvalue weighted by Crippen LogP contribution is -2.58. The Hall–Kier alpha value is -2.92. The van der Waals surface area contributed by atoms with Crippen molar-refractivity contribution in [3.63, 3.8) is 0 Å². The molecule has 0 aromatic carbocycles. The highest BCUT2D eigenvalue weighted by Gasteiger charge is 2.44. The Kier molecular flexibility index (Phi) is 8.55. The maximum Gasteiger partial charge on any atom is 0.433 e. The van der Waals surface area contributed by atoms with Gasteiger partial charge in [-0.2, -0.15) is 13.2 Å². The van der Waals surface area contributed by atoms with Gasteiger partial charge in [0, 0.05) is 12.7 Å². The van der Waals surface area contributed by atoms with Crippen molar-refractivity contribution in [2.45, 2.75) is 51.1 Å². The van der Waals surface area contributed by atoms with Crippen molar-refractivity contribution in [1.82, 2.24) is 20.7 Å². The van der Waals surface area contributed by atoms with Crippen molar-refractivity contribution in [3.05, 3.63) is 30.1 Å². The lowest BCUT2D eigenvalue weighted by molar-refractivity contribution is -0.141. The molecule has 8 nitrogen and oxygen atoms in total. The van der Waals surface area contributed by atoms with Crippen molar-refractivity contribution in [2.24, 2.45) is 0 Å². The van der Waals surface area contributed by atoms with Crippen LogP contribution in [0.2, 0.25) is 0 Å². The molecule has 1 atom stereocenters. The number of carbonyl (C=O) groups excluding carboxylic acids is 3. The minimum Gasteiger partial charge on any atom is -0.444 e. The fourth-order valence-corrected chi connectivity index (χ4v) is 2.42. The summed E-state index contributed by atoms with van der Waals surface area (Å²) < 4.78 is 54.8. The Balaban J connectivity index is 0.000000375. The van der Waals surface area contributed by atoms with Crippen LogP contribution >= 0.6 is 0 Å². The number of hydrazine groups is 1. The predicted molar refractivity (Wildman–Crippen MR) is 97.5 cm³/mol. The third kappa shape index (κ3) is 8.21. The molecule has 2 N–H and O–H groups in total. The molecule has 2 heterocycles. The fraction of sp³-hybridized carbons (Fsp3) is 0.556. The van der Waals surface area contributed by atoms with Gasteiger partial charge in [0.1, 0.15) is 11.3 Å². The summed E-state index contributed by atoms with van der Waals surface area (Å²) in [5.41, 5.74) is 0.0690. The van der Waals surface area contributed by atoms with Gasteiger partial charge in [0.25, 0.3) is 5.91 Å². The topological polar surface area (TPSA) is 101 Å². The summed E-state index contributed by atoms with van der Waals surface area (Å²) in [6, 6.07) is 3.67. The number of rotatable bonds is 3. The van der Waals surface area contributed by atoms with Crippen LogP contribution in [0.15, 0.2) is 24.4 Å². The maximum atomic E-state index is 14.5. The van der Waals surface area contributed by atoms with E-state index in [0.717, 1.165) is 17.2 Å². The van der Waals surface area contributed by atoms with E-state index in [1.165, 1.54) is 12.1 Å². The molecule has 1 aromatic rings. The molecule has 12 heteroatoms. The number of likely N-dealkylation sites (tertiary alicyclic amines) is 1. The monoisotopic (exact) mass is 436 g/mol. The van der Waals surface area contributed by atoms with Crippen LogP contribution < -0.4 is 10.9 Å². The Morgan fingerprint density at radius 1 is 1.27 bits per heavy atom. The summed E-state index contributed by atoms with van der Waals surface area (Å²) in [5.74, 6) is -0.974. The second kappa shape index (κ2) is 10.2. The van der Waals surface area contributed by atoms with Crippen LogP contribution in [0.5, 0.6) is 0 Å². The Morgan fingerprint density at radius 2 is 1.93 bits per heavy atom. The number of carbonyl (C=O) groups is 3. The predicted octanol–water partition coefficient (Wildman–Crippen LogP) is 2.60. The van der Waals surface area contributed by atoms with E-state index in [1.54, 1.807) is 20.8 Å². The number of piperidine rings is 1. The van der Waals surface area contributed by atoms with Gasteiger partial charge in [0.2, 0.25) is 12.1 Å². The molecule has 0 saturated carbocycles. The van der Waals surface area contributed by atoms with Crippen molar-refractivity contribution in [1.29, 1.82) is 0 Å². The van der Waals surface area contributed by atoms with E-state index in [-0.39, 0.29) is 12.8 Å². The zero-order chi connectivity index (χ0) is 23.0. The van der Waals surface area contributed by atoms with Crippen molar-refractivity contribution >= 4 is 18.4 Å². The molecule has 0 aliphatic carbocycles. The van der Waals surface area contributed by atoms with E-state index in [0.29, 0.717) is 13.0 Å². The molecule has 168 valence electrons. The van der Waals surface area contributed by atoms with E-state index in [1.807, 2.05) is 10.9 Å². The zero-order valence-corrected chi connectivity index (χ0v) is 16.8. The number of ether oxygens (including phenoxy) is 1. The number of amides is 3. The van der Waals surface area contributed by atoms with Crippen LogP contribution in [0.3, 0.4) is 0 Å². The van der Waals surface area contributed by atoms with Crippen LogP contribution in [0.1, 0.15) is 39.3 Å². The number of pyridine rings is 1. The molecule has 0 radical (unpaired) electrons. The first kappa shape index (κ1) is 25.1. The third-order valence-electron chi connectivity index (χ3n) is 3.70. The Labute approximate surface area is 170 Å². The smallest absolute Gasteiger partial charge is 0.433 e. The average molecular weight is 436 g/mol. The number of hydrogen-bond acceptors (Lipinski definition) is 5. The molecule has 1 aliphatic heterocycles. The van der Waals surface area contributed by atoms with Gasteiger partial charge in [0.05, 0.1) is 6.54 Å². The molecule has 1 fully saturated rings. The Morgan fingerprint density at radius 3 is 2.40 bits per heavy atom. The molecule has 2 rings (SSSR count). The molecular weight excluding hydrogens is 412 g/mol. The van der Waals surface area contributed by atoms with Crippen molar-refractivity contribution in [2.75, 3.05) is 13.1 Å². The van der Waals surface area contributed by atoms with Gasteiger partial charge in [0.15, 0.2) is 0 Å². The molecule has 1 aromatic heterocycles. The van der Waals surface area contributed by atoms with Gasteiger partial charge in [-0.05, 0) is 45.7 Å². The van der Waals surface area contributed by atoms with Gasteiger partial charge in [-0.25, -0.2) is 9.18 Å². The quantitative estimate of drug-likeness (QED) is 0.431. The first-order valence-corrected chi connectivity index (χ1v) is 8.93. The van der Waals surface area contributed by atoms with Crippen molar-refractivity contribution in [3.8, 4) is 0 Å². The number of nitrogens with one attached hydrogen (secondary N) is 2. The first-order valence-electron chi connectivity index (χ1n) is 8.93. The van der Waals surface area contributed by atoms with Crippen LogP contribution in [0.25, 0.3) is 0 Å². The van der Waals surface area contributed by atoms with E-state index >= 15 is 0 Å². The van der Waals surface area contributed by atoms with Crippen LogP contribution in [0.4, 0.5) is 22.4 Å².